The van der Waals surface area contributed by atoms with Crippen molar-refractivity contribution in [3.8, 4) is 22.8 Å². The molecule has 12 nitrogen and oxygen atoms in total. The molecule has 216 valence electrons. The third-order valence-electron chi connectivity index (χ3n) is 7.42. The molecule has 0 atom stereocenters. The number of para-hydroxylation sites is 1. The highest BCUT2D eigenvalue weighted by Gasteiger charge is 2.23. The quantitative estimate of drug-likeness (QED) is 0.271. The lowest BCUT2D eigenvalue weighted by Crippen LogP contribution is -2.39. The first-order valence-electron chi connectivity index (χ1n) is 13.1. The van der Waals surface area contributed by atoms with Crippen LogP contribution in [0.5, 0.6) is 11.5 Å². The monoisotopic (exact) mass is 579 g/mol. The van der Waals surface area contributed by atoms with E-state index < -0.39 is 10.0 Å². The second-order valence-electron chi connectivity index (χ2n) is 10.1. The fourth-order valence-electron chi connectivity index (χ4n) is 5.20. The van der Waals surface area contributed by atoms with Crippen molar-refractivity contribution in [2.24, 2.45) is 5.73 Å². The molecule has 3 heterocycles. The first-order chi connectivity index (χ1) is 19.5. The van der Waals surface area contributed by atoms with Crippen LogP contribution in [-0.4, -0.2) is 79.0 Å². The highest BCUT2D eigenvalue weighted by Crippen LogP contribution is 2.37. The zero-order chi connectivity index (χ0) is 29.3. The lowest BCUT2D eigenvalue weighted by molar-refractivity contribution is -0.119. The summed E-state index contributed by atoms with van der Waals surface area (Å²) in [6.07, 6.45) is 4.46. The summed E-state index contributed by atoms with van der Waals surface area (Å²) in [4.78, 5) is 17.7. The molecule has 1 aliphatic rings. The Morgan fingerprint density at radius 2 is 1.93 bits per heavy atom. The molecule has 0 spiro atoms. The molecule has 1 amide bonds. The van der Waals surface area contributed by atoms with Crippen molar-refractivity contribution in [2.45, 2.75) is 18.8 Å². The Morgan fingerprint density at radius 3 is 2.61 bits per heavy atom. The van der Waals surface area contributed by atoms with E-state index >= 15 is 0 Å². The number of nitrogens with zero attached hydrogens (tertiary/aromatic N) is 5. The number of piperidine rings is 1. The number of aromatic nitrogens is 3. The maximum absolute atomic E-state index is 12.3. The number of hydrogen-bond donors (Lipinski definition) is 3. The minimum absolute atomic E-state index is 0.0350. The van der Waals surface area contributed by atoms with Gasteiger partial charge in [0, 0.05) is 18.7 Å². The molecule has 1 aliphatic heterocycles. The summed E-state index contributed by atoms with van der Waals surface area (Å²) in [5.74, 6) is 0.876. The smallest absolute Gasteiger partial charge is 0.245 e. The van der Waals surface area contributed by atoms with Gasteiger partial charge in [-0.05, 0) is 55.6 Å². The van der Waals surface area contributed by atoms with E-state index in [1.807, 2.05) is 18.2 Å². The molecule has 4 aromatic rings. The van der Waals surface area contributed by atoms with E-state index in [0.29, 0.717) is 39.8 Å². The van der Waals surface area contributed by atoms with Crippen molar-refractivity contribution in [2.75, 3.05) is 49.7 Å². The molecule has 4 N–H and O–H groups in total. The topological polar surface area (TPSA) is 155 Å². The Balaban J connectivity index is 1.43. The van der Waals surface area contributed by atoms with E-state index in [9.17, 15) is 18.3 Å². The lowest BCUT2D eigenvalue weighted by atomic mass is 9.89. The Hall–Kier alpha value is -4.36. The van der Waals surface area contributed by atoms with Crippen LogP contribution < -0.4 is 20.1 Å². The van der Waals surface area contributed by atoms with Gasteiger partial charge in [-0.15, -0.1) is 5.10 Å². The fourth-order valence-corrected chi connectivity index (χ4v) is 5.71. The number of methoxy groups -OCH3 is 1. The third-order valence-corrected chi connectivity index (χ3v) is 8.61. The van der Waals surface area contributed by atoms with Gasteiger partial charge in [-0.2, -0.15) is 0 Å². The van der Waals surface area contributed by atoms with Crippen LogP contribution in [0.2, 0.25) is 0 Å². The minimum Gasteiger partial charge on any atom is -0.506 e. The summed E-state index contributed by atoms with van der Waals surface area (Å²) in [5, 5.41) is 18.4. The number of amides is 1. The molecule has 1 fully saturated rings. The lowest BCUT2D eigenvalue weighted by Gasteiger charge is -2.31. The summed E-state index contributed by atoms with van der Waals surface area (Å²) in [7, 11) is -0.451. The Labute approximate surface area is 238 Å². The number of rotatable bonds is 9. The van der Waals surface area contributed by atoms with Crippen LogP contribution in [0.4, 0.5) is 17.3 Å². The number of sulfonamides is 1. The van der Waals surface area contributed by atoms with Crippen molar-refractivity contribution in [1.82, 2.24) is 19.5 Å². The highest BCUT2D eigenvalue weighted by atomic mass is 32.2. The van der Waals surface area contributed by atoms with E-state index in [1.54, 1.807) is 31.4 Å². The molecule has 5 rings (SSSR count). The van der Waals surface area contributed by atoms with Crippen molar-refractivity contribution in [3.63, 3.8) is 0 Å². The van der Waals surface area contributed by atoms with Crippen LogP contribution in [0, 0.1) is 0 Å². The maximum Gasteiger partial charge on any atom is 0.245 e. The first-order valence-corrected chi connectivity index (χ1v) is 15.0. The number of likely N-dealkylation sites (tertiary alicyclic amines) is 1. The van der Waals surface area contributed by atoms with Gasteiger partial charge in [0.25, 0.3) is 0 Å². The number of nitrogens with one attached hydrogen (secondary N) is 1. The molecule has 0 unspecified atom stereocenters. The number of anilines is 3. The molecule has 0 saturated carbocycles. The molecule has 0 aliphatic carbocycles. The van der Waals surface area contributed by atoms with E-state index in [4.69, 9.17) is 10.5 Å². The first kappa shape index (κ1) is 28.2. The van der Waals surface area contributed by atoms with Gasteiger partial charge in [-0.3, -0.25) is 14.0 Å². The number of primary amides is 1. The van der Waals surface area contributed by atoms with Crippen molar-refractivity contribution in [1.29, 1.82) is 0 Å². The Kier molecular flexibility index (Phi) is 7.74. The van der Waals surface area contributed by atoms with E-state index in [2.05, 4.69) is 20.3 Å². The number of nitrogens with two attached hydrogens (primary N) is 1. The Bertz CT molecular complexity index is 1700. The number of hydrogen-bond acceptors (Lipinski definition) is 9. The van der Waals surface area contributed by atoms with Gasteiger partial charge in [0.05, 0.1) is 43.2 Å². The van der Waals surface area contributed by atoms with Gasteiger partial charge in [-0.1, -0.05) is 24.3 Å². The predicted octanol–water partition coefficient (Wildman–Crippen LogP) is 2.91. The number of carbonyl (C=O) groups is 1. The van der Waals surface area contributed by atoms with Crippen molar-refractivity contribution in [3.05, 3.63) is 60.3 Å². The van der Waals surface area contributed by atoms with Crippen LogP contribution in [0.25, 0.3) is 16.8 Å². The molecule has 1 saturated heterocycles. The molecular weight excluding hydrogens is 546 g/mol. The second-order valence-corrected chi connectivity index (χ2v) is 12.2. The summed E-state index contributed by atoms with van der Waals surface area (Å²) in [5.41, 5.74) is 9.03. The summed E-state index contributed by atoms with van der Waals surface area (Å²) >= 11 is 0. The predicted molar refractivity (Wildman–Crippen MR) is 157 cm³/mol. The number of carbonyl (C=O) groups excluding carboxylic acids is 1. The van der Waals surface area contributed by atoms with Gasteiger partial charge in [0.15, 0.2) is 0 Å². The molecular formula is C28H33N7O5S. The summed E-state index contributed by atoms with van der Waals surface area (Å²) in [6, 6.07) is 14.5. The number of aromatic hydroxyl groups is 1. The average molecular weight is 580 g/mol. The SMILES string of the molecule is COc1cc(C2CCN(CC(N)=O)CC2)ccc1Nc1ncc2c(O)cc(-c3ccccc3N(C)S(C)(=O)=O)n2n1. The van der Waals surface area contributed by atoms with E-state index in [1.165, 1.54) is 28.1 Å². The normalized spacial score (nSPS) is 14.7. The molecule has 41 heavy (non-hydrogen) atoms. The zero-order valence-corrected chi connectivity index (χ0v) is 23.9. The standard InChI is InChI=1S/C28H33N7O5S/c1-33(41(3,38)39)22-7-5-4-6-20(22)23-15-25(36)24-16-30-28(32-35(23)24)31-21-9-8-19(14-26(21)40-2)18-10-12-34(13-11-18)17-27(29)37/h4-9,14-16,18,36H,10-13,17H2,1-3H3,(H2,29,37)(H,31,32). The Morgan fingerprint density at radius 1 is 1.20 bits per heavy atom. The van der Waals surface area contributed by atoms with Crippen LogP contribution in [0.3, 0.4) is 0 Å². The summed E-state index contributed by atoms with van der Waals surface area (Å²) < 4.78 is 33.0. The van der Waals surface area contributed by atoms with Crippen LogP contribution in [0.15, 0.2) is 54.7 Å². The fraction of sp³-hybridized carbons (Fsp3) is 0.321. The van der Waals surface area contributed by atoms with Gasteiger partial charge in [-0.25, -0.2) is 17.9 Å². The van der Waals surface area contributed by atoms with E-state index in [0.717, 1.165) is 37.8 Å². The van der Waals surface area contributed by atoms with Gasteiger partial charge in [0.1, 0.15) is 17.0 Å². The van der Waals surface area contributed by atoms with E-state index in [-0.39, 0.29) is 24.1 Å². The zero-order valence-electron chi connectivity index (χ0n) is 23.1. The van der Waals surface area contributed by atoms with Crippen LogP contribution in [0.1, 0.15) is 24.3 Å². The molecule has 2 aromatic heterocycles. The van der Waals surface area contributed by atoms with Crippen LogP contribution >= 0.6 is 0 Å². The largest absolute Gasteiger partial charge is 0.506 e. The molecule has 13 heteroatoms. The van der Waals surface area contributed by atoms with Gasteiger partial charge < -0.3 is 20.9 Å². The third kappa shape index (κ3) is 5.91. The van der Waals surface area contributed by atoms with Gasteiger partial charge in [0.2, 0.25) is 21.9 Å². The molecule has 0 bridgehead atoms. The van der Waals surface area contributed by atoms with Gasteiger partial charge >= 0.3 is 0 Å². The molecule has 0 radical (unpaired) electrons. The second kappa shape index (κ2) is 11.3. The van der Waals surface area contributed by atoms with Crippen LogP contribution in [-0.2, 0) is 14.8 Å². The molecule has 2 aromatic carbocycles. The number of benzene rings is 2. The highest BCUT2D eigenvalue weighted by molar-refractivity contribution is 7.92. The van der Waals surface area contributed by atoms with Crippen molar-refractivity contribution < 1.29 is 23.1 Å². The number of ether oxygens (including phenoxy) is 1. The minimum atomic E-state index is -3.53. The average Bonchev–Trinajstić information content (AvgIpc) is 3.27. The van der Waals surface area contributed by atoms with Crippen molar-refractivity contribution >= 4 is 38.8 Å². The number of fused-ring (bicyclic) bond motifs is 1. The summed E-state index contributed by atoms with van der Waals surface area (Å²) in [6.45, 7) is 1.89. The maximum atomic E-state index is 12.3.